The van der Waals surface area contributed by atoms with E-state index in [2.05, 4.69) is 5.32 Å². The van der Waals surface area contributed by atoms with Crippen LogP contribution < -0.4 is 10.1 Å². The van der Waals surface area contributed by atoms with E-state index in [0.29, 0.717) is 11.6 Å². The predicted octanol–water partition coefficient (Wildman–Crippen LogP) is 3.11. The number of aryl methyl sites for hydroxylation is 1. The first kappa shape index (κ1) is 15.9. The van der Waals surface area contributed by atoms with Gasteiger partial charge in [0.25, 0.3) is 5.91 Å². The molecule has 0 aliphatic carbocycles. The first-order valence-corrected chi connectivity index (χ1v) is 6.55. The second kappa shape index (κ2) is 6.98. The molecule has 0 heterocycles. The molecule has 0 fully saturated rings. The largest absolute Gasteiger partial charge is 0.481 e. The van der Waals surface area contributed by atoms with Crippen molar-refractivity contribution in [1.82, 2.24) is 5.32 Å². The van der Waals surface area contributed by atoms with Crippen LogP contribution in [0.2, 0.25) is 0 Å². The zero-order valence-corrected chi connectivity index (χ0v) is 11.8. The van der Waals surface area contributed by atoms with E-state index in [1.807, 2.05) is 0 Å². The van der Waals surface area contributed by atoms with Crippen LogP contribution in [-0.4, -0.2) is 12.5 Å². The molecule has 0 saturated carbocycles. The number of amides is 1. The lowest BCUT2D eigenvalue weighted by Crippen LogP contribution is -2.28. The molecule has 116 valence electrons. The maximum absolute atomic E-state index is 13.3. The number of benzene rings is 2. The van der Waals surface area contributed by atoms with Crippen molar-refractivity contribution in [2.75, 3.05) is 6.61 Å². The maximum atomic E-state index is 13.3. The lowest BCUT2D eigenvalue weighted by molar-refractivity contribution is -0.123. The first-order valence-electron chi connectivity index (χ1n) is 6.55. The Morgan fingerprint density at radius 3 is 2.55 bits per heavy atom. The number of carbonyl (C=O) groups is 1. The van der Waals surface area contributed by atoms with Gasteiger partial charge in [-0.2, -0.15) is 0 Å². The highest BCUT2D eigenvalue weighted by Gasteiger charge is 2.08. The van der Waals surface area contributed by atoms with Gasteiger partial charge >= 0.3 is 0 Å². The van der Waals surface area contributed by atoms with Gasteiger partial charge < -0.3 is 10.1 Å². The average molecular weight is 309 g/mol. The number of hydrogen-bond acceptors (Lipinski definition) is 2. The highest BCUT2D eigenvalue weighted by molar-refractivity contribution is 5.77. The topological polar surface area (TPSA) is 38.3 Å². The Balaban J connectivity index is 1.84. The van der Waals surface area contributed by atoms with Crippen molar-refractivity contribution < 1.29 is 22.7 Å². The highest BCUT2D eigenvalue weighted by atomic mass is 19.1. The summed E-state index contributed by atoms with van der Waals surface area (Å²) >= 11 is 0. The van der Waals surface area contributed by atoms with E-state index in [1.54, 1.807) is 19.1 Å². The third kappa shape index (κ3) is 4.25. The van der Waals surface area contributed by atoms with E-state index >= 15 is 0 Å². The lowest BCUT2D eigenvalue weighted by Gasteiger charge is -2.09. The summed E-state index contributed by atoms with van der Waals surface area (Å²) in [4.78, 5) is 11.6. The van der Waals surface area contributed by atoms with E-state index in [4.69, 9.17) is 4.74 Å². The van der Waals surface area contributed by atoms with Gasteiger partial charge in [-0.05, 0) is 36.2 Å². The molecule has 1 N–H and O–H groups in total. The van der Waals surface area contributed by atoms with Crippen LogP contribution in [0.15, 0.2) is 36.4 Å². The molecule has 0 saturated heterocycles. The molecule has 0 atom stereocenters. The summed E-state index contributed by atoms with van der Waals surface area (Å²) in [6, 6.07) is 7.33. The summed E-state index contributed by atoms with van der Waals surface area (Å²) in [5, 5.41) is 2.56. The molecular formula is C16H14F3NO2. The zero-order chi connectivity index (χ0) is 16.1. The number of hydrogen-bond donors (Lipinski definition) is 1. The average Bonchev–Trinajstić information content (AvgIpc) is 2.47. The quantitative estimate of drug-likeness (QED) is 0.921. The van der Waals surface area contributed by atoms with Crippen LogP contribution in [0.1, 0.15) is 11.1 Å². The fourth-order valence-corrected chi connectivity index (χ4v) is 1.80. The molecule has 0 spiro atoms. The number of ether oxygens (including phenoxy) is 1. The van der Waals surface area contributed by atoms with Gasteiger partial charge in [0, 0.05) is 12.6 Å². The second-order valence-corrected chi connectivity index (χ2v) is 4.72. The molecule has 0 aliphatic rings. The van der Waals surface area contributed by atoms with E-state index in [0.717, 1.165) is 17.7 Å². The maximum Gasteiger partial charge on any atom is 0.258 e. The van der Waals surface area contributed by atoms with E-state index in [9.17, 15) is 18.0 Å². The van der Waals surface area contributed by atoms with Crippen molar-refractivity contribution in [2.24, 2.45) is 0 Å². The third-order valence-electron chi connectivity index (χ3n) is 2.96. The van der Waals surface area contributed by atoms with Gasteiger partial charge in [0.1, 0.15) is 11.6 Å². The first-order chi connectivity index (χ1) is 10.5. The molecule has 22 heavy (non-hydrogen) atoms. The SMILES string of the molecule is Cc1cc(CNC(=O)COc2ccc(F)cc2F)ccc1F. The van der Waals surface area contributed by atoms with Crippen molar-refractivity contribution in [3.63, 3.8) is 0 Å². The molecule has 2 aromatic rings. The zero-order valence-electron chi connectivity index (χ0n) is 11.8. The van der Waals surface area contributed by atoms with Crippen LogP contribution >= 0.6 is 0 Å². The van der Waals surface area contributed by atoms with Crippen molar-refractivity contribution in [3.8, 4) is 5.75 Å². The molecule has 3 nitrogen and oxygen atoms in total. The Morgan fingerprint density at radius 1 is 1.09 bits per heavy atom. The van der Waals surface area contributed by atoms with E-state index in [-0.39, 0.29) is 18.1 Å². The fourth-order valence-electron chi connectivity index (χ4n) is 1.80. The van der Waals surface area contributed by atoms with Crippen molar-refractivity contribution in [1.29, 1.82) is 0 Å². The van der Waals surface area contributed by atoms with E-state index in [1.165, 1.54) is 6.07 Å². The Kier molecular flexibility index (Phi) is 5.04. The van der Waals surface area contributed by atoms with Crippen LogP contribution in [-0.2, 0) is 11.3 Å². The molecule has 0 bridgehead atoms. The minimum absolute atomic E-state index is 0.200. The van der Waals surface area contributed by atoms with Crippen LogP contribution in [0.4, 0.5) is 13.2 Å². The Hall–Kier alpha value is -2.50. The normalized spacial score (nSPS) is 10.4. The van der Waals surface area contributed by atoms with Crippen molar-refractivity contribution in [2.45, 2.75) is 13.5 Å². The Morgan fingerprint density at radius 2 is 1.86 bits per heavy atom. The van der Waals surface area contributed by atoms with Crippen LogP contribution in [0, 0.1) is 24.4 Å². The molecule has 2 rings (SSSR count). The van der Waals surface area contributed by atoms with Crippen molar-refractivity contribution >= 4 is 5.91 Å². The van der Waals surface area contributed by atoms with Gasteiger partial charge in [-0.25, -0.2) is 13.2 Å². The fraction of sp³-hybridized carbons (Fsp3) is 0.188. The van der Waals surface area contributed by atoms with Crippen LogP contribution in [0.3, 0.4) is 0 Å². The molecule has 0 aliphatic heterocycles. The van der Waals surface area contributed by atoms with Crippen LogP contribution in [0.25, 0.3) is 0 Å². The van der Waals surface area contributed by atoms with Gasteiger partial charge in [-0.15, -0.1) is 0 Å². The van der Waals surface area contributed by atoms with E-state index < -0.39 is 24.1 Å². The number of halogens is 3. The molecule has 0 radical (unpaired) electrons. The minimum atomic E-state index is -0.873. The summed E-state index contributed by atoms with van der Waals surface area (Å²) < 4.78 is 44.1. The summed E-state index contributed by atoms with van der Waals surface area (Å²) in [6.45, 7) is 1.43. The smallest absolute Gasteiger partial charge is 0.258 e. The standard InChI is InChI=1S/C16H14F3NO2/c1-10-6-11(2-4-13(10)18)8-20-16(21)9-22-15-5-3-12(17)7-14(15)19/h2-7H,8-9H2,1H3,(H,20,21). The van der Waals surface area contributed by atoms with Crippen LogP contribution in [0.5, 0.6) is 5.75 Å². The number of nitrogens with one attached hydrogen (secondary N) is 1. The second-order valence-electron chi connectivity index (χ2n) is 4.72. The third-order valence-corrected chi connectivity index (χ3v) is 2.96. The lowest BCUT2D eigenvalue weighted by atomic mass is 10.1. The molecule has 1 amide bonds. The number of carbonyl (C=O) groups excluding carboxylic acids is 1. The molecule has 6 heteroatoms. The van der Waals surface area contributed by atoms with Crippen molar-refractivity contribution in [3.05, 3.63) is 65.0 Å². The summed E-state index contributed by atoms with van der Waals surface area (Å²) in [7, 11) is 0. The van der Waals surface area contributed by atoms with Gasteiger partial charge in [-0.3, -0.25) is 4.79 Å². The minimum Gasteiger partial charge on any atom is -0.481 e. The summed E-state index contributed by atoms with van der Waals surface area (Å²) in [5.41, 5.74) is 1.22. The predicted molar refractivity (Wildman–Crippen MR) is 74.8 cm³/mol. The molecule has 2 aromatic carbocycles. The Bertz CT molecular complexity index is 689. The summed E-state index contributed by atoms with van der Waals surface area (Å²) in [6.07, 6.45) is 0. The van der Waals surface area contributed by atoms with Gasteiger partial charge in [0.15, 0.2) is 18.2 Å². The monoisotopic (exact) mass is 309 g/mol. The highest BCUT2D eigenvalue weighted by Crippen LogP contribution is 2.17. The summed E-state index contributed by atoms with van der Waals surface area (Å²) in [5.74, 6) is -2.58. The van der Waals surface area contributed by atoms with Gasteiger partial charge in [0.2, 0.25) is 0 Å². The number of rotatable bonds is 5. The van der Waals surface area contributed by atoms with Gasteiger partial charge in [-0.1, -0.05) is 12.1 Å². The molecule has 0 aromatic heterocycles. The van der Waals surface area contributed by atoms with Gasteiger partial charge in [0.05, 0.1) is 0 Å². The Labute approximate surface area is 125 Å². The molecule has 0 unspecified atom stereocenters. The molecular weight excluding hydrogens is 295 g/mol.